The summed E-state index contributed by atoms with van der Waals surface area (Å²) in [5, 5.41) is 7.00. The summed E-state index contributed by atoms with van der Waals surface area (Å²) in [6, 6.07) is 0.144. The first-order valence-electron chi connectivity index (χ1n) is 7.27. The van der Waals surface area contributed by atoms with Gasteiger partial charge in [-0.05, 0) is 25.7 Å². The molecule has 21 heavy (non-hydrogen) atoms. The van der Waals surface area contributed by atoms with Crippen molar-refractivity contribution in [2.75, 3.05) is 6.54 Å². The van der Waals surface area contributed by atoms with Crippen LogP contribution < -0.4 is 5.43 Å². The molecule has 0 bridgehead atoms. The smallest absolute Gasteiger partial charge is 0.240 e. The zero-order chi connectivity index (χ0) is 14.7. The highest BCUT2D eigenvalue weighted by molar-refractivity contribution is 7.09. The Morgan fingerprint density at radius 2 is 2.38 bits per heavy atom. The van der Waals surface area contributed by atoms with Gasteiger partial charge in [-0.3, -0.25) is 9.59 Å². The van der Waals surface area contributed by atoms with E-state index in [1.165, 1.54) is 0 Å². The molecule has 0 saturated carbocycles. The molecule has 3 rings (SSSR count). The van der Waals surface area contributed by atoms with Gasteiger partial charge < -0.3 is 4.90 Å². The summed E-state index contributed by atoms with van der Waals surface area (Å²) in [7, 11) is 0. The maximum atomic E-state index is 12.4. The average molecular weight is 306 g/mol. The van der Waals surface area contributed by atoms with Crippen LogP contribution >= 0.6 is 11.3 Å². The zero-order valence-electron chi connectivity index (χ0n) is 11.7. The van der Waals surface area contributed by atoms with Crippen LogP contribution in [-0.4, -0.2) is 34.0 Å². The van der Waals surface area contributed by atoms with Gasteiger partial charge in [-0.15, -0.1) is 11.3 Å². The van der Waals surface area contributed by atoms with Crippen molar-refractivity contribution >= 4 is 28.9 Å². The molecule has 0 spiro atoms. The summed E-state index contributed by atoms with van der Waals surface area (Å²) in [4.78, 5) is 29.7. The molecular formula is C14H18N4O2S. The first-order valence-corrected chi connectivity index (χ1v) is 8.15. The summed E-state index contributed by atoms with van der Waals surface area (Å²) >= 11 is 1.61. The molecule has 1 saturated heterocycles. The number of thiazole rings is 1. The Bertz CT molecular complexity index is 555. The molecule has 1 aromatic rings. The normalized spacial score (nSPS) is 22.1. The van der Waals surface area contributed by atoms with E-state index in [2.05, 4.69) is 15.5 Å². The third-order valence-electron chi connectivity index (χ3n) is 3.92. The van der Waals surface area contributed by atoms with Gasteiger partial charge in [-0.2, -0.15) is 5.10 Å². The van der Waals surface area contributed by atoms with E-state index >= 15 is 0 Å². The zero-order valence-corrected chi connectivity index (χ0v) is 12.6. The number of aromatic nitrogens is 1. The number of nitrogens with zero attached hydrogens (tertiary/aromatic N) is 3. The van der Waals surface area contributed by atoms with Crippen LogP contribution in [0.2, 0.25) is 0 Å². The van der Waals surface area contributed by atoms with Crippen molar-refractivity contribution < 1.29 is 9.59 Å². The predicted octanol–water partition coefficient (Wildman–Crippen LogP) is 1.85. The van der Waals surface area contributed by atoms with Crippen molar-refractivity contribution in [3.05, 3.63) is 16.6 Å². The van der Waals surface area contributed by atoms with Crippen LogP contribution in [0.5, 0.6) is 0 Å². The number of rotatable bonds is 4. The number of hydrogen-bond acceptors (Lipinski definition) is 5. The van der Waals surface area contributed by atoms with Gasteiger partial charge >= 0.3 is 0 Å². The SMILES string of the molecule is O=C1CCC(CCC(=O)N2CCC[C@@H]2c2nccs2)=NN1. The van der Waals surface area contributed by atoms with Crippen molar-refractivity contribution in [1.29, 1.82) is 0 Å². The summed E-state index contributed by atoms with van der Waals surface area (Å²) in [5.41, 5.74) is 3.38. The molecule has 1 atom stereocenters. The number of amides is 2. The molecule has 0 aliphatic carbocycles. The number of carbonyl (C=O) groups excluding carboxylic acids is 2. The third-order valence-corrected chi connectivity index (χ3v) is 4.79. The van der Waals surface area contributed by atoms with Gasteiger partial charge in [0.25, 0.3) is 0 Å². The lowest BCUT2D eigenvalue weighted by Crippen LogP contribution is -2.31. The van der Waals surface area contributed by atoms with Crippen LogP contribution in [0.15, 0.2) is 16.7 Å². The Hall–Kier alpha value is -1.76. The van der Waals surface area contributed by atoms with E-state index in [9.17, 15) is 9.59 Å². The van der Waals surface area contributed by atoms with Crippen molar-refractivity contribution in [3.63, 3.8) is 0 Å². The molecule has 0 radical (unpaired) electrons. The lowest BCUT2D eigenvalue weighted by Gasteiger charge is -2.23. The van der Waals surface area contributed by atoms with Gasteiger partial charge in [0, 0.05) is 36.7 Å². The molecule has 2 amide bonds. The van der Waals surface area contributed by atoms with Crippen molar-refractivity contribution in [3.8, 4) is 0 Å². The number of nitrogens with one attached hydrogen (secondary N) is 1. The minimum Gasteiger partial charge on any atom is -0.333 e. The third kappa shape index (κ3) is 3.29. The molecule has 7 heteroatoms. The monoisotopic (exact) mass is 306 g/mol. The number of hydrazone groups is 1. The van der Waals surface area contributed by atoms with Crippen LogP contribution in [0.3, 0.4) is 0 Å². The maximum absolute atomic E-state index is 12.4. The quantitative estimate of drug-likeness (QED) is 0.922. The minimum atomic E-state index is -0.0477. The molecule has 1 aromatic heterocycles. The fourth-order valence-corrected chi connectivity index (χ4v) is 3.59. The average Bonchev–Trinajstić information content (AvgIpc) is 3.16. The highest BCUT2D eigenvalue weighted by atomic mass is 32.1. The number of hydrogen-bond donors (Lipinski definition) is 1. The summed E-state index contributed by atoms with van der Waals surface area (Å²) in [6.45, 7) is 0.812. The number of carbonyl (C=O) groups is 2. The highest BCUT2D eigenvalue weighted by Gasteiger charge is 2.31. The van der Waals surface area contributed by atoms with E-state index in [0.717, 1.165) is 30.1 Å². The van der Waals surface area contributed by atoms with Crippen LogP contribution in [0.25, 0.3) is 0 Å². The van der Waals surface area contributed by atoms with E-state index in [4.69, 9.17) is 0 Å². The van der Waals surface area contributed by atoms with Crippen LogP contribution in [0.4, 0.5) is 0 Å². The standard InChI is InChI=1S/C14H18N4O2S/c19-12-5-3-10(16-17-12)4-6-13(20)18-8-1-2-11(18)14-15-7-9-21-14/h7,9,11H,1-6,8H2,(H,17,19)/t11-/m1/s1. The minimum absolute atomic E-state index is 0.0477. The fourth-order valence-electron chi connectivity index (χ4n) is 2.81. The van der Waals surface area contributed by atoms with Crippen LogP contribution in [-0.2, 0) is 9.59 Å². The van der Waals surface area contributed by atoms with Gasteiger partial charge in [0.05, 0.1) is 6.04 Å². The second-order valence-electron chi connectivity index (χ2n) is 5.33. The second kappa shape index (κ2) is 6.34. The van der Waals surface area contributed by atoms with Gasteiger partial charge in [-0.25, -0.2) is 10.4 Å². The predicted molar refractivity (Wildman–Crippen MR) is 79.8 cm³/mol. The van der Waals surface area contributed by atoms with Crippen molar-refractivity contribution in [2.24, 2.45) is 5.10 Å². The highest BCUT2D eigenvalue weighted by Crippen LogP contribution is 2.33. The Labute approximate surface area is 127 Å². The van der Waals surface area contributed by atoms with E-state index in [0.29, 0.717) is 25.7 Å². The lowest BCUT2D eigenvalue weighted by atomic mass is 10.1. The molecular weight excluding hydrogens is 288 g/mol. The molecule has 6 nitrogen and oxygen atoms in total. The molecule has 0 unspecified atom stereocenters. The number of likely N-dealkylation sites (tertiary alicyclic amines) is 1. The lowest BCUT2D eigenvalue weighted by molar-refractivity contribution is -0.132. The summed E-state index contributed by atoms with van der Waals surface area (Å²) in [6.07, 6.45) is 6.04. The van der Waals surface area contributed by atoms with E-state index in [1.807, 2.05) is 10.3 Å². The van der Waals surface area contributed by atoms with Gasteiger partial charge in [0.2, 0.25) is 11.8 Å². The Kier molecular flexibility index (Phi) is 4.28. The van der Waals surface area contributed by atoms with Crippen LogP contribution in [0.1, 0.15) is 49.6 Å². The molecule has 1 N–H and O–H groups in total. The Balaban J connectivity index is 1.56. The first kappa shape index (κ1) is 14.2. The van der Waals surface area contributed by atoms with Crippen molar-refractivity contribution in [2.45, 2.75) is 44.6 Å². The molecule has 0 aromatic carbocycles. The molecule has 3 heterocycles. The largest absolute Gasteiger partial charge is 0.333 e. The molecule has 2 aliphatic rings. The Morgan fingerprint density at radius 3 is 3.10 bits per heavy atom. The van der Waals surface area contributed by atoms with Gasteiger partial charge in [0.1, 0.15) is 5.01 Å². The summed E-state index contributed by atoms with van der Waals surface area (Å²) < 4.78 is 0. The molecule has 1 fully saturated rings. The molecule has 112 valence electrons. The van der Waals surface area contributed by atoms with Gasteiger partial charge in [-0.1, -0.05) is 0 Å². The van der Waals surface area contributed by atoms with E-state index in [-0.39, 0.29) is 17.9 Å². The first-order chi connectivity index (χ1) is 10.2. The van der Waals surface area contributed by atoms with Gasteiger partial charge in [0.15, 0.2) is 0 Å². The Morgan fingerprint density at radius 1 is 1.48 bits per heavy atom. The maximum Gasteiger partial charge on any atom is 0.240 e. The summed E-state index contributed by atoms with van der Waals surface area (Å²) in [5.74, 6) is 0.112. The van der Waals surface area contributed by atoms with E-state index in [1.54, 1.807) is 17.5 Å². The fraction of sp³-hybridized carbons (Fsp3) is 0.571. The molecule has 2 aliphatic heterocycles. The topological polar surface area (TPSA) is 74.7 Å². The second-order valence-corrected chi connectivity index (χ2v) is 6.25. The van der Waals surface area contributed by atoms with Crippen LogP contribution in [0, 0.1) is 0 Å². The van der Waals surface area contributed by atoms with E-state index < -0.39 is 0 Å². The van der Waals surface area contributed by atoms with Crippen molar-refractivity contribution in [1.82, 2.24) is 15.3 Å².